The van der Waals surface area contributed by atoms with E-state index in [1.807, 2.05) is 54.6 Å². The fraction of sp³-hybridized carbons (Fsp3) is 0.316. The lowest BCUT2D eigenvalue weighted by Crippen LogP contribution is -2.52. The van der Waals surface area contributed by atoms with Crippen molar-refractivity contribution in [1.82, 2.24) is 10.6 Å². The van der Waals surface area contributed by atoms with Crippen molar-refractivity contribution in [3.63, 3.8) is 0 Å². The first-order chi connectivity index (χ1) is 25.0. The molecule has 0 aliphatic heterocycles. The fourth-order valence-corrected chi connectivity index (χ4v) is 10.8. The second-order valence-electron chi connectivity index (χ2n) is 11.5. The minimum absolute atomic E-state index is 0.00839. The smallest absolute Gasteiger partial charge is 0.343 e. The predicted molar refractivity (Wildman–Crippen MR) is 206 cm³/mol. The Morgan fingerprint density at radius 1 is 0.577 bits per heavy atom. The maximum absolute atomic E-state index is 14.5. The van der Waals surface area contributed by atoms with E-state index in [-0.39, 0.29) is 32.8 Å². The van der Waals surface area contributed by atoms with E-state index >= 15 is 0 Å². The predicted octanol–water partition coefficient (Wildman–Crippen LogP) is 9.45. The van der Waals surface area contributed by atoms with E-state index in [0.29, 0.717) is 26.7 Å². The highest BCUT2D eigenvalue weighted by Gasteiger charge is 2.52. The molecule has 0 fully saturated rings. The highest BCUT2D eigenvalue weighted by Crippen LogP contribution is 2.69. The van der Waals surface area contributed by atoms with Crippen LogP contribution in [-0.2, 0) is 43.2 Å². The van der Waals surface area contributed by atoms with Gasteiger partial charge in [-0.2, -0.15) is 0 Å². The number of amides is 2. The Bertz CT molecular complexity index is 1750. The number of hydrogen-bond donors (Lipinski definition) is 2. The standard InChI is InChI=1S/C38H44Cl2N2O8P2/c1-5-47-51(45,48-6-2)38(52(46,49-7-3)50-8-4)42-36(43)34(26-27-14-16-29(17-15-27)28-12-10-9-11-13-28)41-37(44)35(30-18-22-32(39)23-19-30)31-20-24-33(40)25-21-31/h9-25,34-35,38H,5-8,26H2,1-4H3,(H,41,44)(H,42,43). The molecule has 0 aromatic heterocycles. The molecule has 1 atom stereocenters. The Kier molecular flexibility index (Phi) is 15.7. The van der Waals surface area contributed by atoms with Crippen molar-refractivity contribution in [3.8, 4) is 11.1 Å². The molecule has 2 N–H and O–H groups in total. The SMILES string of the molecule is CCOP(=O)(OCC)C(NC(=O)C(Cc1ccc(-c2ccccc2)cc1)NC(=O)C(c1ccc(Cl)cc1)c1ccc(Cl)cc1)P(=O)(OCC)OCC. The van der Waals surface area contributed by atoms with Gasteiger partial charge in [0.05, 0.1) is 32.3 Å². The molecule has 278 valence electrons. The van der Waals surface area contributed by atoms with E-state index in [0.717, 1.165) is 11.1 Å². The van der Waals surface area contributed by atoms with Gasteiger partial charge < -0.3 is 28.7 Å². The van der Waals surface area contributed by atoms with Gasteiger partial charge in [-0.25, -0.2) is 0 Å². The van der Waals surface area contributed by atoms with E-state index in [2.05, 4.69) is 10.6 Å². The topological polar surface area (TPSA) is 129 Å². The molecule has 4 aromatic rings. The quantitative estimate of drug-likeness (QED) is 0.0900. The van der Waals surface area contributed by atoms with Crippen molar-refractivity contribution in [3.05, 3.63) is 130 Å². The molecule has 0 saturated carbocycles. The summed E-state index contributed by atoms with van der Waals surface area (Å²) in [5.74, 6) is -2.20. The summed E-state index contributed by atoms with van der Waals surface area (Å²) in [4.78, 5) is 28.8. The minimum Gasteiger partial charge on any atom is -0.343 e. The summed E-state index contributed by atoms with van der Waals surface area (Å²) in [5, 5.41) is 6.51. The number of benzene rings is 4. The molecular weight excluding hydrogens is 745 g/mol. The van der Waals surface area contributed by atoms with Crippen LogP contribution in [0.4, 0.5) is 0 Å². The van der Waals surface area contributed by atoms with Crippen LogP contribution in [0.3, 0.4) is 0 Å². The maximum atomic E-state index is 14.5. The Morgan fingerprint density at radius 3 is 1.42 bits per heavy atom. The fourth-order valence-electron chi connectivity index (χ4n) is 5.61. The summed E-state index contributed by atoms with van der Waals surface area (Å²) >= 11 is 12.4. The normalized spacial score (nSPS) is 12.5. The highest BCUT2D eigenvalue weighted by atomic mass is 35.5. The van der Waals surface area contributed by atoms with Crippen LogP contribution in [0.25, 0.3) is 11.1 Å². The summed E-state index contributed by atoms with van der Waals surface area (Å²) in [6.07, 6.45) is 0.00839. The Labute approximate surface area is 315 Å². The zero-order chi connectivity index (χ0) is 37.7. The van der Waals surface area contributed by atoms with Crippen molar-refractivity contribution in [1.29, 1.82) is 0 Å². The Morgan fingerprint density at radius 2 is 1.00 bits per heavy atom. The molecule has 2 amide bonds. The first-order valence-corrected chi connectivity index (χ1v) is 21.0. The average Bonchev–Trinajstić information content (AvgIpc) is 3.13. The summed E-state index contributed by atoms with van der Waals surface area (Å²) in [6, 6.07) is 29.7. The van der Waals surface area contributed by atoms with Crippen molar-refractivity contribution >= 4 is 50.2 Å². The number of rotatable bonds is 19. The molecule has 4 aromatic carbocycles. The molecule has 14 heteroatoms. The second-order valence-corrected chi connectivity index (χ2v) is 17.0. The van der Waals surface area contributed by atoms with Gasteiger partial charge in [0, 0.05) is 16.5 Å². The third kappa shape index (κ3) is 10.9. The van der Waals surface area contributed by atoms with E-state index in [1.165, 1.54) is 0 Å². The largest absolute Gasteiger partial charge is 0.365 e. The lowest BCUT2D eigenvalue weighted by atomic mass is 9.90. The van der Waals surface area contributed by atoms with Crippen molar-refractivity contribution in [2.45, 2.75) is 51.6 Å². The molecule has 0 spiro atoms. The van der Waals surface area contributed by atoms with Gasteiger partial charge >= 0.3 is 15.2 Å². The van der Waals surface area contributed by atoms with Gasteiger partial charge in [-0.05, 0) is 79.8 Å². The van der Waals surface area contributed by atoms with Gasteiger partial charge in [0.2, 0.25) is 17.3 Å². The summed E-state index contributed by atoms with van der Waals surface area (Å²) in [6.45, 7) is 6.03. The first-order valence-electron chi connectivity index (χ1n) is 17.0. The van der Waals surface area contributed by atoms with Crippen LogP contribution in [0.2, 0.25) is 10.0 Å². The Hall–Kier alpha value is -3.30. The van der Waals surface area contributed by atoms with Crippen molar-refractivity contribution < 1.29 is 36.8 Å². The first kappa shape index (κ1) is 41.5. The zero-order valence-electron chi connectivity index (χ0n) is 29.5. The molecule has 0 radical (unpaired) electrons. The lowest BCUT2D eigenvalue weighted by molar-refractivity contribution is -0.129. The zero-order valence-corrected chi connectivity index (χ0v) is 32.8. The second kappa shape index (κ2) is 19.7. The third-order valence-electron chi connectivity index (χ3n) is 7.91. The number of carbonyl (C=O) groups is 2. The van der Waals surface area contributed by atoms with E-state index < -0.39 is 44.5 Å². The van der Waals surface area contributed by atoms with Crippen molar-refractivity contribution in [2.75, 3.05) is 26.4 Å². The maximum Gasteiger partial charge on any atom is 0.365 e. The van der Waals surface area contributed by atoms with Gasteiger partial charge in [0.25, 0.3) is 0 Å². The van der Waals surface area contributed by atoms with Crippen LogP contribution in [0.1, 0.15) is 50.3 Å². The number of halogens is 2. The molecule has 0 aliphatic carbocycles. The number of hydrogen-bond acceptors (Lipinski definition) is 8. The van der Waals surface area contributed by atoms with Gasteiger partial charge in [-0.3, -0.25) is 18.7 Å². The van der Waals surface area contributed by atoms with Crippen LogP contribution in [0, 0.1) is 0 Å². The Balaban J connectivity index is 1.77. The number of carbonyl (C=O) groups excluding carboxylic acids is 2. The molecule has 4 rings (SSSR count). The summed E-state index contributed by atoms with van der Waals surface area (Å²) in [7, 11) is -8.74. The van der Waals surface area contributed by atoms with Crippen LogP contribution in [0.15, 0.2) is 103 Å². The average molecular weight is 790 g/mol. The molecule has 1 unspecified atom stereocenters. The van der Waals surface area contributed by atoms with Crippen LogP contribution < -0.4 is 10.6 Å². The molecule has 0 saturated heterocycles. The summed E-state index contributed by atoms with van der Waals surface area (Å²) in [5.41, 5.74) is 2.07. The van der Waals surface area contributed by atoms with E-state index in [1.54, 1.807) is 76.2 Å². The molecule has 52 heavy (non-hydrogen) atoms. The van der Waals surface area contributed by atoms with Gasteiger partial charge in [0.1, 0.15) is 6.04 Å². The molecule has 10 nitrogen and oxygen atoms in total. The molecule has 0 aliphatic rings. The monoisotopic (exact) mass is 788 g/mol. The third-order valence-corrected chi connectivity index (χ3v) is 14.0. The van der Waals surface area contributed by atoms with Crippen molar-refractivity contribution in [2.24, 2.45) is 0 Å². The van der Waals surface area contributed by atoms with Gasteiger partial charge in [-0.15, -0.1) is 0 Å². The summed E-state index contributed by atoms with van der Waals surface area (Å²) < 4.78 is 50.7. The number of nitrogens with one attached hydrogen (secondary N) is 2. The molecule has 0 bridgehead atoms. The van der Waals surface area contributed by atoms with E-state index in [9.17, 15) is 18.7 Å². The van der Waals surface area contributed by atoms with Gasteiger partial charge in [0.15, 0.2) is 0 Å². The molecular formula is C38H44Cl2N2O8P2. The highest BCUT2D eigenvalue weighted by molar-refractivity contribution is 7.72. The van der Waals surface area contributed by atoms with Gasteiger partial charge in [-0.1, -0.05) is 102 Å². The molecule has 0 heterocycles. The van der Waals surface area contributed by atoms with Crippen LogP contribution >= 0.6 is 38.4 Å². The van der Waals surface area contributed by atoms with E-state index in [4.69, 9.17) is 41.3 Å². The lowest BCUT2D eigenvalue weighted by Gasteiger charge is -2.33. The van der Waals surface area contributed by atoms with Crippen LogP contribution in [0.5, 0.6) is 0 Å². The minimum atomic E-state index is -4.37. The van der Waals surface area contributed by atoms with Crippen LogP contribution in [-0.4, -0.2) is 49.8 Å².